The van der Waals surface area contributed by atoms with Gasteiger partial charge in [0.1, 0.15) is 5.75 Å². The maximum Gasteiger partial charge on any atom is 0.324 e. The van der Waals surface area contributed by atoms with Crippen molar-refractivity contribution >= 4 is 17.7 Å². The summed E-state index contributed by atoms with van der Waals surface area (Å²) in [6.45, 7) is 2.88. The summed E-state index contributed by atoms with van der Waals surface area (Å²) in [4.78, 5) is 26.7. The van der Waals surface area contributed by atoms with E-state index in [-0.39, 0.29) is 24.2 Å². The van der Waals surface area contributed by atoms with Gasteiger partial charge in [-0.15, -0.1) is 0 Å². The lowest BCUT2D eigenvalue weighted by atomic mass is 10.1. The molecule has 6 nitrogen and oxygen atoms in total. The normalized spacial score (nSPS) is 17.8. The van der Waals surface area contributed by atoms with Gasteiger partial charge < -0.3 is 15.1 Å². The topological polar surface area (TPSA) is 81.1 Å². The van der Waals surface area contributed by atoms with E-state index in [1.807, 2.05) is 6.92 Å². The molecule has 1 fully saturated rings. The van der Waals surface area contributed by atoms with Crippen molar-refractivity contribution in [2.75, 3.05) is 18.0 Å². The molecule has 1 aliphatic heterocycles. The molecule has 2 N–H and O–H groups in total. The Balaban J connectivity index is 2.18. The highest BCUT2D eigenvalue weighted by Gasteiger charge is 2.33. The number of aliphatic carboxylic acids is 1. The van der Waals surface area contributed by atoms with Gasteiger partial charge in [-0.1, -0.05) is 6.07 Å². The van der Waals surface area contributed by atoms with Gasteiger partial charge in [0.25, 0.3) is 0 Å². The zero-order valence-electron chi connectivity index (χ0n) is 12.0. The number of urea groups is 1. The summed E-state index contributed by atoms with van der Waals surface area (Å²) in [7, 11) is 0. The molecule has 0 saturated carbocycles. The summed E-state index contributed by atoms with van der Waals surface area (Å²) in [5.41, 5.74) is 0.614. The van der Waals surface area contributed by atoms with E-state index in [1.54, 1.807) is 28.0 Å². The number of carbonyl (C=O) groups is 2. The summed E-state index contributed by atoms with van der Waals surface area (Å²) >= 11 is 0. The summed E-state index contributed by atoms with van der Waals surface area (Å²) in [5.74, 6) is -0.789. The molecule has 1 atom stereocenters. The molecule has 0 bridgehead atoms. The molecule has 6 heteroatoms. The Morgan fingerprint density at radius 3 is 2.81 bits per heavy atom. The number of hydrogen-bond donors (Lipinski definition) is 2. The number of amides is 2. The Labute approximate surface area is 123 Å². The highest BCUT2D eigenvalue weighted by Crippen LogP contribution is 2.26. The molecular weight excluding hydrogens is 272 g/mol. The number of anilines is 1. The summed E-state index contributed by atoms with van der Waals surface area (Å²) in [6, 6.07) is 6.06. The molecule has 1 aliphatic rings. The lowest BCUT2D eigenvalue weighted by Crippen LogP contribution is -2.46. The van der Waals surface area contributed by atoms with Crippen molar-refractivity contribution in [3.8, 4) is 5.75 Å². The van der Waals surface area contributed by atoms with Crippen molar-refractivity contribution in [1.29, 1.82) is 0 Å². The van der Waals surface area contributed by atoms with E-state index in [9.17, 15) is 14.7 Å². The van der Waals surface area contributed by atoms with Crippen LogP contribution in [0.5, 0.6) is 5.75 Å². The zero-order valence-corrected chi connectivity index (χ0v) is 12.0. The van der Waals surface area contributed by atoms with E-state index in [0.717, 1.165) is 12.8 Å². The fourth-order valence-electron chi connectivity index (χ4n) is 2.75. The number of benzene rings is 1. The fraction of sp³-hybridized carbons (Fsp3) is 0.467. The van der Waals surface area contributed by atoms with Crippen LogP contribution in [0.1, 0.15) is 26.2 Å². The minimum atomic E-state index is -0.889. The van der Waals surface area contributed by atoms with Crippen molar-refractivity contribution in [3.63, 3.8) is 0 Å². The molecule has 1 aromatic carbocycles. The molecule has 1 unspecified atom stereocenters. The summed E-state index contributed by atoms with van der Waals surface area (Å²) < 4.78 is 0. The Bertz CT molecular complexity index is 532. The monoisotopic (exact) mass is 292 g/mol. The highest BCUT2D eigenvalue weighted by molar-refractivity contribution is 5.92. The fourth-order valence-corrected chi connectivity index (χ4v) is 2.75. The predicted octanol–water partition coefficient (Wildman–Crippen LogP) is 2.28. The summed E-state index contributed by atoms with van der Waals surface area (Å²) in [6.07, 6.45) is 1.51. The van der Waals surface area contributed by atoms with Crippen LogP contribution in [-0.4, -0.2) is 46.2 Å². The molecule has 0 radical (unpaired) electrons. The van der Waals surface area contributed by atoms with Crippen LogP contribution in [0.4, 0.5) is 10.5 Å². The average molecular weight is 292 g/mol. The van der Waals surface area contributed by atoms with Gasteiger partial charge in [0.2, 0.25) is 0 Å². The minimum Gasteiger partial charge on any atom is -0.508 e. The maximum atomic E-state index is 12.7. The van der Waals surface area contributed by atoms with E-state index in [2.05, 4.69) is 0 Å². The third kappa shape index (κ3) is 3.45. The van der Waals surface area contributed by atoms with Crippen LogP contribution < -0.4 is 4.90 Å². The van der Waals surface area contributed by atoms with Gasteiger partial charge in [-0.05, 0) is 31.9 Å². The van der Waals surface area contributed by atoms with E-state index in [1.165, 1.54) is 6.07 Å². The number of phenolic OH excluding ortho intramolecular Hbond substituents is 1. The number of aromatic hydroxyl groups is 1. The minimum absolute atomic E-state index is 0.0245. The molecular formula is C15H20N2O4. The third-order valence-electron chi connectivity index (χ3n) is 3.72. The van der Waals surface area contributed by atoms with E-state index in [0.29, 0.717) is 18.8 Å². The molecule has 21 heavy (non-hydrogen) atoms. The first-order valence-corrected chi connectivity index (χ1v) is 7.12. The lowest BCUT2D eigenvalue weighted by molar-refractivity contribution is -0.137. The first kappa shape index (κ1) is 15.2. The largest absolute Gasteiger partial charge is 0.508 e. The summed E-state index contributed by atoms with van der Waals surface area (Å²) in [5, 5.41) is 18.5. The second kappa shape index (κ2) is 6.47. The standard InChI is InChI=1S/C15H20N2O4/c1-2-16(11-5-3-7-13(18)9-11)15(21)17-8-4-6-12(17)10-14(19)20/h3,5,7,9,12,18H,2,4,6,8,10H2,1H3,(H,19,20). The first-order chi connectivity index (χ1) is 10.0. The molecule has 2 rings (SSSR count). The second-order valence-electron chi connectivity index (χ2n) is 5.13. The number of hydrogen-bond acceptors (Lipinski definition) is 3. The van der Waals surface area contributed by atoms with Gasteiger partial charge in [0.05, 0.1) is 6.42 Å². The smallest absolute Gasteiger partial charge is 0.324 e. The number of likely N-dealkylation sites (tertiary alicyclic amines) is 1. The van der Waals surface area contributed by atoms with Crippen molar-refractivity contribution in [2.24, 2.45) is 0 Å². The van der Waals surface area contributed by atoms with Crippen LogP contribution in [0.2, 0.25) is 0 Å². The molecule has 0 aromatic heterocycles. The van der Waals surface area contributed by atoms with Crippen LogP contribution in [0.15, 0.2) is 24.3 Å². The Morgan fingerprint density at radius 2 is 2.19 bits per heavy atom. The average Bonchev–Trinajstić information content (AvgIpc) is 2.86. The van der Waals surface area contributed by atoms with Gasteiger partial charge in [-0.2, -0.15) is 0 Å². The number of carboxylic acids is 1. The van der Waals surface area contributed by atoms with Crippen LogP contribution in [0, 0.1) is 0 Å². The molecule has 114 valence electrons. The third-order valence-corrected chi connectivity index (χ3v) is 3.72. The van der Waals surface area contributed by atoms with Gasteiger partial charge in [-0.25, -0.2) is 4.79 Å². The predicted molar refractivity (Wildman–Crippen MR) is 78.5 cm³/mol. The SMILES string of the molecule is CCN(C(=O)N1CCCC1CC(=O)O)c1cccc(O)c1. The van der Waals surface area contributed by atoms with E-state index < -0.39 is 5.97 Å². The second-order valence-corrected chi connectivity index (χ2v) is 5.13. The first-order valence-electron chi connectivity index (χ1n) is 7.12. The molecule has 0 spiro atoms. The number of nitrogens with zero attached hydrogens (tertiary/aromatic N) is 2. The van der Waals surface area contributed by atoms with E-state index in [4.69, 9.17) is 5.11 Å². The van der Waals surface area contributed by atoms with Crippen molar-refractivity contribution in [1.82, 2.24) is 4.90 Å². The van der Waals surface area contributed by atoms with Gasteiger partial charge >= 0.3 is 12.0 Å². The Kier molecular flexibility index (Phi) is 4.67. The van der Waals surface area contributed by atoms with Crippen LogP contribution >= 0.6 is 0 Å². The molecule has 1 saturated heterocycles. The molecule has 1 aromatic rings. The number of carboxylic acid groups (broad SMARTS) is 1. The van der Waals surface area contributed by atoms with E-state index >= 15 is 0 Å². The lowest BCUT2D eigenvalue weighted by Gasteiger charge is -2.30. The quantitative estimate of drug-likeness (QED) is 0.892. The van der Waals surface area contributed by atoms with Crippen LogP contribution in [-0.2, 0) is 4.79 Å². The zero-order chi connectivity index (χ0) is 15.4. The van der Waals surface area contributed by atoms with Crippen LogP contribution in [0.3, 0.4) is 0 Å². The number of phenols is 1. The van der Waals surface area contributed by atoms with Gasteiger partial charge in [0.15, 0.2) is 0 Å². The maximum absolute atomic E-state index is 12.7. The van der Waals surface area contributed by atoms with Gasteiger partial charge in [0, 0.05) is 30.9 Å². The highest BCUT2D eigenvalue weighted by atomic mass is 16.4. The molecule has 0 aliphatic carbocycles. The Morgan fingerprint density at radius 1 is 1.43 bits per heavy atom. The molecule has 1 heterocycles. The van der Waals surface area contributed by atoms with Crippen molar-refractivity contribution in [2.45, 2.75) is 32.2 Å². The number of rotatable bonds is 4. The Hall–Kier alpha value is -2.24. The number of carbonyl (C=O) groups excluding carboxylic acids is 1. The van der Waals surface area contributed by atoms with Crippen molar-refractivity contribution in [3.05, 3.63) is 24.3 Å². The molecule has 2 amide bonds. The van der Waals surface area contributed by atoms with Crippen molar-refractivity contribution < 1.29 is 19.8 Å². The van der Waals surface area contributed by atoms with Crippen LogP contribution in [0.25, 0.3) is 0 Å². The van der Waals surface area contributed by atoms with Gasteiger partial charge in [-0.3, -0.25) is 9.69 Å².